The maximum Gasteiger partial charge on any atom is 0.193 e. The highest BCUT2D eigenvalue weighted by molar-refractivity contribution is 5.46. The van der Waals surface area contributed by atoms with E-state index in [1.165, 1.54) is 22.4 Å². The third-order valence-corrected chi connectivity index (χ3v) is 4.41. The van der Waals surface area contributed by atoms with E-state index in [9.17, 15) is 0 Å². The zero-order valence-corrected chi connectivity index (χ0v) is 12.6. The zero-order valence-electron chi connectivity index (χ0n) is 12.6. The number of rotatable bonds is 2. The van der Waals surface area contributed by atoms with Crippen molar-refractivity contribution in [2.24, 2.45) is 0 Å². The largest absolute Gasteiger partial charge is 0.497 e. The lowest BCUT2D eigenvalue weighted by molar-refractivity contribution is -0.698. The minimum atomic E-state index is 0.251. The van der Waals surface area contributed by atoms with E-state index in [0.29, 0.717) is 0 Å². The summed E-state index contributed by atoms with van der Waals surface area (Å²) in [5.74, 6) is 1.16. The van der Waals surface area contributed by atoms with Crippen LogP contribution in [0.4, 0.5) is 0 Å². The van der Waals surface area contributed by atoms with Gasteiger partial charge in [-0.25, -0.2) is 0 Å². The lowest BCUT2D eigenvalue weighted by atomic mass is 9.82. The second-order valence-electron chi connectivity index (χ2n) is 5.66. The fraction of sp³-hybridized carbons (Fsp3) is 0.150. The normalized spacial score (nSPS) is 15.8. The number of aromatic nitrogens is 1. The first-order chi connectivity index (χ1) is 10.9. The van der Waals surface area contributed by atoms with E-state index < -0.39 is 0 Å². The van der Waals surface area contributed by atoms with Gasteiger partial charge >= 0.3 is 0 Å². The first-order valence-corrected chi connectivity index (χ1v) is 7.57. The standard InChI is InChI=1S/C20H18NO/c1-22-17-9-6-8-15(13-17)20-18-10-3-2-7-16(18)14-21-12-5-4-11-19(20)21/h2-13,20H,14H2,1H3/q+1. The lowest BCUT2D eigenvalue weighted by Crippen LogP contribution is -2.43. The molecular formula is C20H18NO+. The van der Waals surface area contributed by atoms with Gasteiger partial charge in [-0.3, -0.25) is 0 Å². The highest BCUT2D eigenvalue weighted by Crippen LogP contribution is 2.36. The van der Waals surface area contributed by atoms with Gasteiger partial charge in [-0.15, -0.1) is 0 Å². The predicted molar refractivity (Wildman–Crippen MR) is 86.1 cm³/mol. The Labute approximate surface area is 130 Å². The molecule has 0 radical (unpaired) electrons. The minimum absolute atomic E-state index is 0.251. The molecule has 3 aromatic rings. The summed E-state index contributed by atoms with van der Waals surface area (Å²) in [5.41, 5.74) is 5.38. The third kappa shape index (κ3) is 2.08. The molecule has 1 unspecified atom stereocenters. The van der Waals surface area contributed by atoms with Crippen LogP contribution in [0.5, 0.6) is 5.75 Å². The Morgan fingerprint density at radius 3 is 2.73 bits per heavy atom. The molecule has 1 atom stereocenters. The second kappa shape index (κ2) is 5.30. The molecule has 0 amide bonds. The summed E-state index contributed by atoms with van der Waals surface area (Å²) in [5, 5.41) is 0. The minimum Gasteiger partial charge on any atom is -0.497 e. The molecule has 0 saturated heterocycles. The molecule has 1 aromatic heterocycles. The van der Waals surface area contributed by atoms with Crippen LogP contribution in [0.25, 0.3) is 0 Å². The van der Waals surface area contributed by atoms with E-state index in [1.807, 2.05) is 6.07 Å². The van der Waals surface area contributed by atoms with Gasteiger partial charge in [-0.2, -0.15) is 4.57 Å². The molecule has 1 aliphatic heterocycles. The van der Waals surface area contributed by atoms with Crippen LogP contribution in [0.15, 0.2) is 72.9 Å². The quantitative estimate of drug-likeness (QED) is 0.514. The first kappa shape index (κ1) is 13.1. The van der Waals surface area contributed by atoms with Crippen LogP contribution in [0, 0.1) is 0 Å². The fourth-order valence-corrected chi connectivity index (χ4v) is 3.37. The summed E-state index contributed by atoms with van der Waals surface area (Å²) < 4.78 is 7.75. The molecule has 1 aliphatic rings. The number of pyridine rings is 1. The highest BCUT2D eigenvalue weighted by Gasteiger charge is 2.32. The van der Waals surface area contributed by atoms with E-state index >= 15 is 0 Å². The highest BCUT2D eigenvalue weighted by atomic mass is 16.5. The smallest absolute Gasteiger partial charge is 0.193 e. The Bertz CT molecular complexity index is 780. The van der Waals surface area contributed by atoms with Gasteiger partial charge < -0.3 is 4.74 Å². The Kier molecular flexibility index (Phi) is 3.15. The van der Waals surface area contributed by atoms with Gasteiger partial charge in [0.25, 0.3) is 0 Å². The summed E-state index contributed by atoms with van der Waals surface area (Å²) in [7, 11) is 1.72. The second-order valence-corrected chi connectivity index (χ2v) is 5.66. The maximum absolute atomic E-state index is 5.41. The van der Waals surface area contributed by atoms with E-state index in [2.05, 4.69) is 71.4 Å². The van der Waals surface area contributed by atoms with Crippen molar-refractivity contribution in [1.82, 2.24) is 0 Å². The number of benzene rings is 2. The molecule has 0 aliphatic carbocycles. The van der Waals surface area contributed by atoms with Gasteiger partial charge in [0.1, 0.15) is 5.75 Å². The molecular weight excluding hydrogens is 270 g/mol. The van der Waals surface area contributed by atoms with Crippen molar-refractivity contribution in [3.05, 3.63) is 95.3 Å². The van der Waals surface area contributed by atoms with Crippen LogP contribution in [-0.4, -0.2) is 7.11 Å². The van der Waals surface area contributed by atoms with Crippen molar-refractivity contribution in [2.75, 3.05) is 7.11 Å². The first-order valence-electron chi connectivity index (χ1n) is 7.57. The van der Waals surface area contributed by atoms with Crippen LogP contribution in [0.3, 0.4) is 0 Å². The summed E-state index contributed by atoms with van der Waals surface area (Å²) in [6, 6.07) is 23.6. The van der Waals surface area contributed by atoms with Gasteiger partial charge in [0.05, 0.1) is 13.0 Å². The Balaban J connectivity index is 1.94. The number of hydrogen-bond acceptors (Lipinski definition) is 1. The third-order valence-electron chi connectivity index (χ3n) is 4.41. The summed E-state index contributed by atoms with van der Waals surface area (Å²) in [6.07, 6.45) is 2.17. The summed E-state index contributed by atoms with van der Waals surface area (Å²) in [6.45, 7) is 0.937. The number of hydrogen-bond donors (Lipinski definition) is 0. The van der Waals surface area contributed by atoms with Crippen LogP contribution in [-0.2, 0) is 6.54 Å². The molecule has 2 nitrogen and oxygen atoms in total. The molecule has 2 aromatic carbocycles. The van der Waals surface area contributed by atoms with E-state index in [0.717, 1.165) is 12.3 Å². The molecule has 2 heterocycles. The van der Waals surface area contributed by atoms with Gasteiger partial charge in [0, 0.05) is 17.7 Å². The number of ether oxygens (including phenoxy) is 1. The van der Waals surface area contributed by atoms with Gasteiger partial charge in [-0.05, 0) is 23.3 Å². The number of methoxy groups -OCH3 is 1. The maximum atomic E-state index is 5.41. The number of fused-ring (bicyclic) bond motifs is 2. The van der Waals surface area contributed by atoms with Crippen LogP contribution >= 0.6 is 0 Å². The van der Waals surface area contributed by atoms with Crippen molar-refractivity contribution in [2.45, 2.75) is 12.5 Å². The molecule has 22 heavy (non-hydrogen) atoms. The van der Waals surface area contributed by atoms with Crippen LogP contribution in [0.2, 0.25) is 0 Å². The molecule has 0 N–H and O–H groups in total. The van der Waals surface area contributed by atoms with Crippen LogP contribution in [0.1, 0.15) is 28.3 Å². The lowest BCUT2D eigenvalue weighted by Gasteiger charge is -2.24. The fourth-order valence-electron chi connectivity index (χ4n) is 3.37. The molecule has 4 rings (SSSR count). The van der Waals surface area contributed by atoms with Gasteiger partial charge in [0.2, 0.25) is 0 Å². The SMILES string of the molecule is COc1cccc(C2c3ccccc3C[n+]3ccccc32)c1. The molecule has 0 saturated carbocycles. The van der Waals surface area contributed by atoms with Gasteiger partial charge in [0.15, 0.2) is 18.4 Å². The van der Waals surface area contributed by atoms with Crippen LogP contribution < -0.4 is 9.30 Å². The van der Waals surface area contributed by atoms with Crippen molar-refractivity contribution >= 4 is 0 Å². The van der Waals surface area contributed by atoms with E-state index in [4.69, 9.17) is 4.74 Å². The summed E-state index contributed by atoms with van der Waals surface area (Å²) >= 11 is 0. The number of nitrogens with zero attached hydrogens (tertiary/aromatic N) is 1. The molecule has 0 spiro atoms. The molecule has 108 valence electrons. The topological polar surface area (TPSA) is 13.1 Å². The Morgan fingerprint density at radius 2 is 1.82 bits per heavy atom. The monoisotopic (exact) mass is 288 g/mol. The Morgan fingerprint density at radius 1 is 0.955 bits per heavy atom. The van der Waals surface area contributed by atoms with Crippen molar-refractivity contribution in [3.63, 3.8) is 0 Å². The van der Waals surface area contributed by atoms with Gasteiger partial charge in [-0.1, -0.05) is 42.5 Å². The van der Waals surface area contributed by atoms with Crippen molar-refractivity contribution < 1.29 is 9.30 Å². The zero-order chi connectivity index (χ0) is 14.9. The van der Waals surface area contributed by atoms with E-state index in [1.54, 1.807) is 7.11 Å². The van der Waals surface area contributed by atoms with E-state index in [-0.39, 0.29) is 5.92 Å². The summed E-state index contributed by atoms with van der Waals surface area (Å²) in [4.78, 5) is 0. The average molecular weight is 288 g/mol. The Hall–Kier alpha value is -2.61. The molecule has 2 heteroatoms. The van der Waals surface area contributed by atoms with Crippen molar-refractivity contribution in [1.29, 1.82) is 0 Å². The predicted octanol–water partition coefficient (Wildman–Crippen LogP) is 3.52. The molecule has 0 fully saturated rings. The molecule has 0 bridgehead atoms. The van der Waals surface area contributed by atoms with Crippen molar-refractivity contribution in [3.8, 4) is 5.75 Å². The average Bonchev–Trinajstić information content (AvgIpc) is 2.59.